The van der Waals surface area contributed by atoms with Crippen LogP contribution in [0.2, 0.25) is 0 Å². The van der Waals surface area contributed by atoms with Crippen LogP contribution in [0.3, 0.4) is 0 Å². The first kappa shape index (κ1) is 30.4. The second kappa shape index (κ2) is 14.8. The molecule has 1 aliphatic carbocycles. The van der Waals surface area contributed by atoms with Crippen LogP contribution in [-0.4, -0.2) is 57.1 Å². The minimum atomic E-state index is -0.787. The monoisotopic (exact) mass is 506 g/mol. The maximum absolute atomic E-state index is 12.9. The molecule has 3 atom stereocenters. The molecule has 0 aliphatic heterocycles. The van der Waals surface area contributed by atoms with Crippen LogP contribution in [0.25, 0.3) is 0 Å². The number of nitrogens with one attached hydrogen (secondary N) is 1. The minimum Gasteiger partial charge on any atom is -0.493 e. The van der Waals surface area contributed by atoms with Crippen molar-refractivity contribution in [3.05, 3.63) is 23.8 Å². The number of nitrogens with two attached hydrogens (primary N) is 1. The number of ether oxygens (including phenoxy) is 3. The van der Waals surface area contributed by atoms with Gasteiger partial charge in [-0.2, -0.15) is 0 Å². The van der Waals surface area contributed by atoms with Gasteiger partial charge in [0.25, 0.3) is 0 Å². The number of benzene rings is 1. The van der Waals surface area contributed by atoms with E-state index in [0.717, 1.165) is 37.0 Å². The molecule has 1 aromatic carbocycles. The molecule has 0 spiro atoms. The highest BCUT2D eigenvalue weighted by molar-refractivity contribution is 5.82. The lowest BCUT2D eigenvalue weighted by Crippen LogP contribution is -2.48. The standard InChI is InChI=1S/C29H50N2O5/c1-20(2)22(16-21-12-13-26(35-6)27(17-21)36-15-9-14-34-5)18-24(30)25(32)19-31-28(33)29(3,4)23-10-7-8-11-23/h12-13,17,20,22-25,32H,7-11,14-16,18-19,30H2,1-6H3,(H,31,33)/t22-,24-,25-/m0/s1. The van der Waals surface area contributed by atoms with Gasteiger partial charge >= 0.3 is 0 Å². The molecule has 4 N–H and O–H groups in total. The van der Waals surface area contributed by atoms with E-state index in [9.17, 15) is 9.90 Å². The summed E-state index contributed by atoms with van der Waals surface area (Å²) in [6, 6.07) is 5.61. The van der Waals surface area contributed by atoms with Crippen molar-refractivity contribution in [2.24, 2.45) is 28.9 Å². The summed E-state index contributed by atoms with van der Waals surface area (Å²) in [5, 5.41) is 13.7. The summed E-state index contributed by atoms with van der Waals surface area (Å²) in [5.74, 6) is 2.51. The van der Waals surface area contributed by atoms with Crippen LogP contribution in [0.15, 0.2) is 18.2 Å². The van der Waals surface area contributed by atoms with Crippen molar-refractivity contribution in [2.75, 3.05) is 34.0 Å². The summed E-state index contributed by atoms with van der Waals surface area (Å²) in [4.78, 5) is 12.9. The van der Waals surface area contributed by atoms with Crippen molar-refractivity contribution in [3.63, 3.8) is 0 Å². The Kier molecular flexibility index (Phi) is 12.5. The summed E-state index contributed by atoms with van der Waals surface area (Å²) >= 11 is 0. The summed E-state index contributed by atoms with van der Waals surface area (Å²) in [6.07, 6.45) is 6.09. The van der Waals surface area contributed by atoms with E-state index in [-0.39, 0.29) is 18.4 Å². The van der Waals surface area contributed by atoms with Gasteiger partial charge in [-0.05, 0) is 61.1 Å². The molecule has 0 saturated heterocycles. The van der Waals surface area contributed by atoms with Gasteiger partial charge in [-0.15, -0.1) is 0 Å². The Labute approximate surface area is 218 Å². The molecule has 1 amide bonds. The molecule has 0 radical (unpaired) electrons. The lowest BCUT2D eigenvalue weighted by atomic mass is 9.77. The minimum absolute atomic E-state index is 0.0114. The zero-order valence-electron chi connectivity index (χ0n) is 23.3. The normalized spacial score (nSPS) is 17.1. The van der Waals surface area contributed by atoms with Crippen molar-refractivity contribution in [2.45, 2.75) is 84.8 Å². The predicted molar refractivity (Wildman–Crippen MR) is 144 cm³/mol. The number of methoxy groups -OCH3 is 2. The fourth-order valence-electron chi connectivity index (χ4n) is 5.16. The number of carbonyl (C=O) groups is 1. The van der Waals surface area contributed by atoms with E-state index in [1.165, 1.54) is 12.8 Å². The molecule has 36 heavy (non-hydrogen) atoms. The molecule has 0 unspecified atom stereocenters. The van der Waals surface area contributed by atoms with Gasteiger partial charge in [0.15, 0.2) is 11.5 Å². The molecular weight excluding hydrogens is 456 g/mol. The van der Waals surface area contributed by atoms with Gasteiger partial charge in [0, 0.05) is 38.1 Å². The Morgan fingerprint density at radius 3 is 2.47 bits per heavy atom. The fourth-order valence-corrected chi connectivity index (χ4v) is 5.16. The highest BCUT2D eigenvalue weighted by Gasteiger charge is 2.38. The Hall–Kier alpha value is -1.83. The predicted octanol–water partition coefficient (Wildman–Crippen LogP) is 4.34. The van der Waals surface area contributed by atoms with E-state index in [4.69, 9.17) is 19.9 Å². The second-order valence-electron chi connectivity index (χ2n) is 11.3. The van der Waals surface area contributed by atoms with Crippen molar-refractivity contribution < 1.29 is 24.1 Å². The van der Waals surface area contributed by atoms with Gasteiger partial charge < -0.3 is 30.4 Å². The molecule has 7 nitrogen and oxygen atoms in total. The summed E-state index contributed by atoms with van der Waals surface area (Å²) in [7, 11) is 3.32. The van der Waals surface area contributed by atoms with Gasteiger partial charge in [-0.1, -0.05) is 46.6 Å². The van der Waals surface area contributed by atoms with E-state index in [2.05, 4.69) is 25.2 Å². The Balaban J connectivity index is 1.94. The lowest BCUT2D eigenvalue weighted by Gasteiger charge is -2.32. The third kappa shape index (κ3) is 8.93. The van der Waals surface area contributed by atoms with Crippen LogP contribution in [-0.2, 0) is 16.0 Å². The smallest absolute Gasteiger partial charge is 0.226 e. The molecule has 206 valence electrons. The number of rotatable bonds is 16. The average molecular weight is 507 g/mol. The van der Waals surface area contributed by atoms with Gasteiger partial charge in [-0.3, -0.25) is 4.79 Å². The van der Waals surface area contributed by atoms with E-state index in [0.29, 0.717) is 37.2 Å². The SMILES string of the molecule is COCCCOc1cc(C[C@@H](C[C@H](N)[C@@H](O)CNC(=O)C(C)(C)C2CCCC2)C(C)C)ccc1OC. The third-order valence-corrected chi connectivity index (χ3v) is 7.92. The van der Waals surface area contributed by atoms with Crippen molar-refractivity contribution in [1.29, 1.82) is 0 Å². The first-order chi connectivity index (χ1) is 17.1. The van der Waals surface area contributed by atoms with Crippen molar-refractivity contribution in [3.8, 4) is 11.5 Å². The van der Waals surface area contributed by atoms with Crippen molar-refractivity contribution >= 4 is 5.91 Å². The van der Waals surface area contributed by atoms with Gasteiger partial charge in [0.1, 0.15) is 0 Å². The highest BCUT2D eigenvalue weighted by atomic mass is 16.5. The van der Waals surface area contributed by atoms with Crippen LogP contribution in [0.4, 0.5) is 0 Å². The van der Waals surface area contributed by atoms with E-state index in [1.807, 2.05) is 26.0 Å². The molecule has 1 saturated carbocycles. The summed E-state index contributed by atoms with van der Waals surface area (Å²) in [5.41, 5.74) is 7.16. The lowest BCUT2D eigenvalue weighted by molar-refractivity contribution is -0.132. The number of amides is 1. The highest BCUT2D eigenvalue weighted by Crippen LogP contribution is 2.39. The van der Waals surface area contributed by atoms with Crippen molar-refractivity contribution in [1.82, 2.24) is 5.32 Å². The van der Waals surface area contributed by atoms with Crippen LogP contribution >= 0.6 is 0 Å². The number of carbonyl (C=O) groups excluding carboxylic acids is 1. The molecule has 0 aromatic heterocycles. The molecule has 1 aromatic rings. The largest absolute Gasteiger partial charge is 0.493 e. The summed E-state index contributed by atoms with van der Waals surface area (Å²) < 4.78 is 16.5. The number of aliphatic hydroxyl groups excluding tert-OH is 1. The zero-order chi connectivity index (χ0) is 26.7. The van der Waals surface area contributed by atoms with Crippen LogP contribution in [0.5, 0.6) is 11.5 Å². The topological polar surface area (TPSA) is 103 Å². The van der Waals surface area contributed by atoms with Gasteiger partial charge in [0.2, 0.25) is 5.91 Å². The molecule has 1 fully saturated rings. The average Bonchev–Trinajstić information content (AvgIpc) is 3.40. The second-order valence-corrected chi connectivity index (χ2v) is 11.3. The van der Waals surface area contributed by atoms with Crippen LogP contribution in [0.1, 0.15) is 71.8 Å². The van der Waals surface area contributed by atoms with Gasteiger partial charge in [-0.25, -0.2) is 0 Å². The van der Waals surface area contributed by atoms with Gasteiger partial charge in [0.05, 0.1) is 19.8 Å². The maximum Gasteiger partial charge on any atom is 0.226 e. The number of hydrogen-bond acceptors (Lipinski definition) is 6. The Morgan fingerprint density at radius 2 is 1.86 bits per heavy atom. The molecule has 0 heterocycles. The molecular formula is C29H50N2O5. The van der Waals surface area contributed by atoms with Crippen LogP contribution in [0, 0.1) is 23.2 Å². The van der Waals surface area contributed by atoms with E-state index in [1.54, 1.807) is 14.2 Å². The molecule has 2 rings (SSSR count). The number of hydrogen-bond donors (Lipinski definition) is 3. The Bertz CT molecular complexity index is 792. The maximum atomic E-state index is 12.9. The number of aliphatic hydroxyl groups is 1. The van der Waals surface area contributed by atoms with E-state index >= 15 is 0 Å². The third-order valence-electron chi connectivity index (χ3n) is 7.92. The Morgan fingerprint density at radius 1 is 1.17 bits per heavy atom. The van der Waals surface area contributed by atoms with Crippen LogP contribution < -0.4 is 20.5 Å². The first-order valence-electron chi connectivity index (χ1n) is 13.6. The summed E-state index contributed by atoms with van der Waals surface area (Å²) in [6.45, 7) is 9.79. The first-order valence-corrected chi connectivity index (χ1v) is 13.6. The zero-order valence-corrected chi connectivity index (χ0v) is 23.3. The quantitative estimate of drug-likeness (QED) is 0.288. The molecule has 0 bridgehead atoms. The molecule has 7 heteroatoms. The molecule has 1 aliphatic rings. The fraction of sp³-hybridized carbons (Fsp3) is 0.759. The van der Waals surface area contributed by atoms with E-state index < -0.39 is 17.6 Å².